The summed E-state index contributed by atoms with van der Waals surface area (Å²) in [5, 5.41) is 5.92. The SMILES string of the molecule is [2H]c1c([2H])c([2H])c(-c2c3ccccc3c(-c3ccc4oc5c(-c6ccccc6)cccc5c4c3)c3ccccc23)c(-c2ccccc2)c1[2H]. The zero-order chi connectivity index (χ0) is 33.2. The summed E-state index contributed by atoms with van der Waals surface area (Å²) in [6.07, 6.45) is 0. The molecule has 0 unspecified atom stereocenters. The van der Waals surface area contributed by atoms with E-state index in [0.717, 1.165) is 76.9 Å². The summed E-state index contributed by atoms with van der Waals surface area (Å²) in [7, 11) is 0. The van der Waals surface area contributed by atoms with Gasteiger partial charge in [-0.05, 0) is 72.6 Å². The number of furan rings is 1. The van der Waals surface area contributed by atoms with Gasteiger partial charge >= 0.3 is 0 Å². The molecule has 9 aromatic rings. The number of benzene rings is 8. The molecule has 0 saturated heterocycles. The quantitative estimate of drug-likeness (QED) is 0.190. The Bertz CT molecular complexity index is 2690. The Morgan fingerprint density at radius 1 is 0.378 bits per heavy atom. The average molecular weight is 577 g/mol. The van der Waals surface area contributed by atoms with E-state index in [1.165, 1.54) is 0 Å². The summed E-state index contributed by atoms with van der Waals surface area (Å²) >= 11 is 0. The molecule has 45 heavy (non-hydrogen) atoms. The van der Waals surface area contributed by atoms with Gasteiger partial charge in [-0.2, -0.15) is 0 Å². The monoisotopic (exact) mass is 576 g/mol. The van der Waals surface area contributed by atoms with Crippen molar-refractivity contribution in [3.05, 3.63) is 170 Å². The van der Waals surface area contributed by atoms with Crippen LogP contribution in [-0.4, -0.2) is 0 Å². The summed E-state index contributed by atoms with van der Waals surface area (Å²) < 4.78 is 42.1. The van der Waals surface area contributed by atoms with Crippen LogP contribution >= 0.6 is 0 Å². The van der Waals surface area contributed by atoms with Gasteiger partial charge in [0.15, 0.2) is 0 Å². The third kappa shape index (κ3) is 4.09. The largest absolute Gasteiger partial charge is 0.455 e. The highest BCUT2D eigenvalue weighted by Crippen LogP contribution is 2.47. The van der Waals surface area contributed by atoms with Crippen molar-refractivity contribution in [3.8, 4) is 44.5 Å². The first-order valence-corrected chi connectivity index (χ1v) is 15.1. The van der Waals surface area contributed by atoms with Crippen LogP contribution in [0.1, 0.15) is 5.48 Å². The molecule has 0 fully saturated rings. The molecule has 8 aromatic carbocycles. The highest BCUT2D eigenvalue weighted by Gasteiger charge is 2.20. The van der Waals surface area contributed by atoms with Crippen LogP contribution < -0.4 is 0 Å². The minimum absolute atomic E-state index is 0.0494. The Morgan fingerprint density at radius 2 is 0.911 bits per heavy atom. The summed E-state index contributed by atoms with van der Waals surface area (Å²) in [5.41, 5.74) is 8.47. The van der Waals surface area contributed by atoms with Crippen molar-refractivity contribution in [2.45, 2.75) is 0 Å². The number of rotatable bonds is 4. The van der Waals surface area contributed by atoms with E-state index >= 15 is 0 Å². The van der Waals surface area contributed by atoms with E-state index in [2.05, 4.69) is 72.8 Å². The molecule has 0 bridgehead atoms. The highest BCUT2D eigenvalue weighted by molar-refractivity contribution is 6.23. The predicted octanol–water partition coefficient (Wildman–Crippen LogP) is 12.6. The maximum Gasteiger partial charge on any atom is 0.143 e. The van der Waals surface area contributed by atoms with Crippen LogP contribution in [-0.2, 0) is 0 Å². The second-order valence-corrected chi connectivity index (χ2v) is 11.3. The molecule has 1 aromatic heterocycles. The van der Waals surface area contributed by atoms with Gasteiger partial charge < -0.3 is 4.42 Å². The lowest BCUT2D eigenvalue weighted by Crippen LogP contribution is -1.92. The van der Waals surface area contributed by atoms with E-state index in [-0.39, 0.29) is 24.2 Å². The smallest absolute Gasteiger partial charge is 0.143 e. The minimum atomic E-state index is -0.246. The van der Waals surface area contributed by atoms with E-state index in [1.807, 2.05) is 72.8 Å². The van der Waals surface area contributed by atoms with Gasteiger partial charge in [0, 0.05) is 16.3 Å². The molecular weight excluding hydrogens is 544 g/mol. The predicted molar refractivity (Wildman–Crippen MR) is 190 cm³/mol. The molecule has 0 amide bonds. The van der Waals surface area contributed by atoms with Gasteiger partial charge in [-0.1, -0.05) is 158 Å². The van der Waals surface area contributed by atoms with Crippen LogP contribution in [0.5, 0.6) is 0 Å². The van der Waals surface area contributed by atoms with E-state index in [1.54, 1.807) is 0 Å². The Labute approximate surface area is 267 Å². The molecular formula is C44H28O. The third-order valence-corrected chi connectivity index (χ3v) is 8.80. The topological polar surface area (TPSA) is 13.1 Å². The molecule has 1 nitrogen and oxygen atoms in total. The lowest BCUT2D eigenvalue weighted by Gasteiger charge is -2.19. The molecule has 1 heteroatoms. The Balaban J connectivity index is 1.37. The van der Waals surface area contributed by atoms with Gasteiger partial charge in [0.2, 0.25) is 0 Å². The lowest BCUT2D eigenvalue weighted by atomic mass is 9.83. The highest BCUT2D eigenvalue weighted by atomic mass is 16.3. The fourth-order valence-corrected chi connectivity index (χ4v) is 6.83. The molecule has 0 N–H and O–H groups in total. The van der Waals surface area contributed by atoms with Crippen LogP contribution in [0, 0.1) is 0 Å². The molecule has 0 radical (unpaired) electrons. The van der Waals surface area contributed by atoms with Crippen molar-refractivity contribution in [2.24, 2.45) is 0 Å². The van der Waals surface area contributed by atoms with Crippen LogP contribution in [0.25, 0.3) is 88.0 Å². The van der Waals surface area contributed by atoms with E-state index in [4.69, 9.17) is 8.53 Å². The van der Waals surface area contributed by atoms with Crippen molar-refractivity contribution in [1.82, 2.24) is 0 Å². The molecule has 0 saturated carbocycles. The van der Waals surface area contributed by atoms with Gasteiger partial charge in [-0.25, -0.2) is 0 Å². The first-order chi connectivity index (χ1) is 24.0. The number of hydrogen-bond donors (Lipinski definition) is 0. The van der Waals surface area contributed by atoms with E-state index < -0.39 is 0 Å². The van der Waals surface area contributed by atoms with Crippen molar-refractivity contribution >= 4 is 43.5 Å². The molecule has 0 aliphatic carbocycles. The number of hydrogen-bond acceptors (Lipinski definition) is 1. The van der Waals surface area contributed by atoms with Crippen molar-refractivity contribution < 1.29 is 9.90 Å². The normalized spacial score (nSPS) is 12.8. The lowest BCUT2D eigenvalue weighted by molar-refractivity contribution is 0.670. The van der Waals surface area contributed by atoms with E-state index in [9.17, 15) is 1.37 Å². The zero-order valence-electron chi connectivity index (χ0n) is 28.3. The van der Waals surface area contributed by atoms with Crippen LogP contribution in [0.15, 0.2) is 174 Å². The van der Waals surface area contributed by atoms with Gasteiger partial charge in [-0.15, -0.1) is 0 Å². The first-order valence-electron chi connectivity index (χ1n) is 17.1. The van der Waals surface area contributed by atoms with Crippen molar-refractivity contribution in [2.75, 3.05) is 0 Å². The molecule has 0 aliphatic heterocycles. The minimum Gasteiger partial charge on any atom is -0.455 e. The molecule has 210 valence electrons. The zero-order valence-corrected chi connectivity index (χ0v) is 24.3. The molecule has 0 aliphatic rings. The maximum absolute atomic E-state index is 9.26. The van der Waals surface area contributed by atoms with Gasteiger partial charge in [-0.3, -0.25) is 0 Å². The first kappa shape index (κ1) is 21.7. The Morgan fingerprint density at radius 3 is 1.56 bits per heavy atom. The van der Waals surface area contributed by atoms with E-state index in [0.29, 0.717) is 11.1 Å². The standard InChI is InChI=1S/C44H28O/c1-3-14-29(15-4-1)32-18-7-8-19-34(32)43-37-22-11-9-20-35(37)42(36-21-10-12-23-38(36)43)31-26-27-41-40(28-31)39-25-13-24-33(44(39)45-41)30-16-5-2-6-17-30/h1-28H/i7D,8D,18D,19D. The summed E-state index contributed by atoms with van der Waals surface area (Å²) in [6.45, 7) is 0. The van der Waals surface area contributed by atoms with Crippen LogP contribution in [0.4, 0.5) is 0 Å². The summed E-state index contributed by atoms with van der Waals surface area (Å²) in [4.78, 5) is 0. The fraction of sp³-hybridized carbons (Fsp3) is 0. The molecule has 0 atom stereocenters. The number of fused-ring (bicyclic) bond motifs is 5. The average Bonchev–Trinajstić information content (AvgIpc) is 3.53. The second-order valence-electron chi connectivity index (χ2n) is 11.3. The second kappa shape index (κ2) is 10.4. The number of para-hydroxylation sites is 1. The van der Waals surface area contributed by atoms with Crippen LogP contribution in [0.2, 0.25) is 0 Å². The maximum atomic E-state index is 9.26. The summed E-state index contributed by atoms with van der Waals surface area (Å²) in [6, 6.07) is 48.3. The molecule has 9 rings (SSSR count). The fourth-order valence-electron chi connectivity index (χ4n) is 6.83. The molecule has 0 spiro atoms. The Hall–Kier alpha value is -5.92. The van der Waals surface area contributed by atoms with Crippen molar-refractivity contribution in [1.29, 1.82) is 0 Å². The van der Waals surface area contributed by atoms with Gasteiger partial charge in [0.1, 0.15) is 11.2 Å². The Kier molecular flexibility index (Phi) is 5.00. The van der Waals surface area contributed by atoms with Crippen LogP contribution in [0.3, 0.4) is 0 Å². The van der Waals surface area contributed by atoms with Gasteiger partial charge in [0.25, 0.3) is 0 Å². The molecule has 1 heterocycles. The third-order valence-electron chi connectivity index (χ3n) is 8.80. The van der Waals surface area contributed by atoms with Gasteiger partial charge in [0.05, 0.1) is 5.48 Å². The van der Waals surface area contributed by atoms with Crippen molar-refractivity contribution in [3.63, 3.8) is 0 Å². The summed E-state index contributed by atoms with van der Waals surface area (Å²) in [5.74, 6) is 0.